The van der Waals surface area contributed by atoms with Gasteiger partial charge in [-0.05, 0) is 87.3 Å². The van der Waals surface area contributed by atoms with Crippen molar-refractivity contribution >= 4 is 23.6 Å². The van der Waals surface area contributed by atoms with E-state index in [4.69, 9.17) is 26.8 Å². The fraction of sp³-hybridized carbons (Fsp3) is 0.481. The lowest BCUT2D eigenvalue weighted by Gasteiger charge is -2.44. The van der Waals surface area contributed by atoms with Crippen LogP contribution in [-0.4, -0.2) is 41.7 Å². The lowest BCUT2D eigenvalue weighted by atomic mass is 9.60. The van der Waals surface area contributed by atoms with Gasteiger partial charge in [0.1, 0.15) is 16.9 Å². The van der Waals surface area contributed by atoms with E-state index in [-0.39, 0.29) is 30.2 Å². The number of nitrogens with two attached hydrogens (primary N) is 1. The number of amides is 2. The van der Waals surface area contributed by atoms with Gasteiger partial charge in [-0.3, -0.25) is 4.79 Å². The number of aryl methyl sites for hydroxylation is 1. The van der Waals surface area contributed by atoms with Crippen LogP contribution in [-0.2, 0) is 9.53 Å². The molecule has 0 aromatic heterocycles. The van der Waals surface area contributed by atoms with Crippen LogP contribution >= 0.6 is 11.6 Å². The van der Waals surface area contributed by atoms with Crippen molar-refractivity contribution in [3.63, 3.8) is 0 Å². The number of halogens is 1. The number of carbonyl (C=O) groups excluding carboxylic acids is 2. The summed E-state index contributed by atoms with van der Waals surface area (Å²) in [5.74, 6) is 0.133. The van der Waals surface area contributed by atoms with E-state index in [2.05, 4.69) is 12.1 Å². The van der Waals surface area contributed by atoms with Gasteiger partial charge in [0.2, 0.25) is 0 Å². The highest BCUT2D eigenvalue weighted by atomic mass is 35.5. The molecule has 2 aliphatic rings. The summed E-state index contributed by atoms with van der Waals surface area (Å²) in [7, 11) is 1.68. The summed E-state index contributed by atoms with van der Waals surface area (Å²) in [6.07, 6.45) is 0.519. The zero-order chi connectivity index (χ0) is 24.8. The molecule has 2 N–H and O–H groups in total. The van der Waals surface area contributed by atoms with E-state index in [0.29, 0.717) is 17.9 Å². The molecule has 182 valence electrons. The largest absolute Gasteiger partial charge is 0.496 e. The number of methoxy groups -OCH3 is 1. The van der Waals surface area contributed by atoms with E-state index in [1.807, 2.05) is 37.3 Å². The first-order valence-corrected chi connectivity index (χ1v) is 12.1. The highest BCUT2D eigenvalue weighted by Gasteiger charge is 2.60. The van der Waals surface area contributed by atoms with Gasteiger partial charge in [0.25, 0.3) is 5.91 Å². The van der Waals surface area contributed by atoms with Gasteiger partial charge in [0.05, 0.1) is 7.11 Å². The average Bonchev–Trinajstić information content (AvgIpc) is 3.04. The maximum atomic E-state index is 13.5. The zero-order valence-corrected chi connectivity index (χ0v) is 21.2. The van der Waals surface area contributed by atoms with Crippen molar-refractivity contribution < 1.29 is 19.1 Å². The molecule has 0 spiro atoms. The Balaban J connectivity index is 1.79. The Bertz CT molecular complexity index is 1090. The second-order valence-corrected chi connectivity index (χ2v) is 10.9. The number of ether oxygens (including phenoxy) is 2. The van der Waals surface area contributed by atoms with Crippen LogP contribution in [0.4, 0.5) is 4.79 Å². The SMILES string of the molecule is COc1cc(C)ccc1C1CCC2(N)C(=O)N(C(=O)OC(C)(C)C)CC2C1c1ccc(Cl)cc1. The highest BCUT2D eigenvalue weighted by molar-refractivity contribution is 6.30. The molecule has 0 radical (unpaired) electrons. The molecule has 2 fully saturated rings. The second-order valence-electron chi connectivity index (χ2n) is 10.5. The van der Waals surface area contributed by atoms with Gasteiger partial charge >= 0.3 is 6.09 Å². The standard InChI is InChI=1S/C27H33ClN2O4/c1-16-6-11-19(22(14-16)33-5)20-12-13-27(29)21(23(20)17-7-9-18(28)10-8-17)15-30(24(27)31)25(32)34-26(2,3)4/h6-11,14,20-21,23H,12-13,15,29H2,1-5H3. The third kappa shape index (κ3) is 4.41. The molecule has 4 unspecified atom stereocenters. The summed E-state index contributed by atoms with van der Waals surface area (Å²) in [6.45, 7) is 7.60. The monoisotopic (exact) mass is 484 g/mol. The minimum absolute atomic E-state index is 0.0600. The maximum Gasteiger partial charge on any atom is 0.417 e. The summed E-state index contributed by atoms with van der Waals surface area (Å²) >= 11 is 6.19. The number of fused-ring (bicyclic) bond motifs is 1. The van der Waals surface area contributed by atoms with Crippen LogP contribution in [0.25, 0.3) is 0 Å². The Morgan fingerprint density at radius 2 is 1.85 bits per heavy atom. The van der Waals surface area contributed by atoms with Crippen molar-refractivity contribution in [2.24, 2.45) is 11.7 Å². The van der Waals surface area contributed by atoms with E-state index in [9.17, 15) is 9.59 Å². The van der Waals surface area contributed by atoms with E-state index >= 15 is 0 Å². The van der Waals surface area contributed by atoms with Crippen molar-refractivity contribution in [2.45, 2.75) is 63.5 Å². The number of nitrogens with zero attached hydrogens (tertiary/aromatic N) is 1. The van der Waals surface area contributed by atoms with Gasteiger partial charge in [-0.15, -0.1) is 0 Å². The number of carbonyl (C=O) groups is 2. The van der Waals surface area contributed by atoms with Crippen molar-refractivity contribution in [3.05, 3.63) is 64.2 Å². The fourth-order valence-corrected chi connectivity index (χ4v) is 5.66. The van der Waals surface area contributed by atoms with Crippen LogP contribution in [0.2, 0.25) is 5.02 Å². The first kappa shape index (κ1) is 24.6. The van der Waals surface area contributed by atoms with Gasteiger partial charge in [-0.1, -0.05) is 35.9 Å². The van der Waals surface area contributed by atoms with E-state index < -0.39 is 17.2 Å². The van der Waals surface area contributed by atoms with Crippen molar-refractivity contribution in [1.82, 2.24) is 4.90 Å². The Morgan fingerprint density at radius 3 is 2.47 bits per heavy atom. The summed E-state index contributed by atoms with van der Waals surface area (Å²) in [5, 5.41) is 0.640. The molecule has 6 nitrogen and oxygen atoms in total. The van der Waals surface area contributed by atoms with Crippen LogP contribution < -0.4 is 10.5 Å². The van der Waals surface area contributed by atoms with Crippen LogP contribution in [0, 0.1) is 12.8 Å². The molecule has 2 aromatic rings. The molecule has 7 heteroatoms. The second kappa shape index (κ2) is 8.90. The summed E-state index contributed by atoms with van der Waals surface area (Å²) in [6, 6.07) is 13.9. The molecule has 2 amide bonds. The first-order chi connectivity index (χ1) is 15.9. The topological polar surface area (TPSA) is 81.9 Å². The molecule has 0 bridgehead atoms. The van der Waals surface area contributed by atoms with Crippen LogP contribution in [0.3, 0.4) is 0 Å². The Kier molecular flexibility index (Phi) is 6.42. The Hall–Kier alpha value is -2.57. The van der Waals surface area contributed by atoms with Gasteiger partial charge in [-0.2, -0.15) is 0 Å². The molecule has 1 heterocycles. The van der Waals surface area contributed by atoms with E-state index in [0.717, 1.165) is 22.4 Å². The molecular weight excluding hydrogens is 452 g/mol. The lowest BCUT2D eigenvalue weighted by molar-refractivity contribution is -0.132. The molecule has 1 saturated carbocycles. The highest BCUT2D eigenvalue weighted by Crippen LogP contribution is 2.55. The third-order valence-corrected chi connectivity index (χ3v) is 7.33. The van der Waals surface area contributed by atoms with Gasteiger partial charge < -0.3 is 15.2 Å². The van der Waals surface area contributed by atoms with Gasteiger partial charge in [-0.25, -0.2) is 9.69 Å². The minimum Gasteiger partial charge on any atom is -0.496 e. The quantitative estimate of drug-likeness (QED) is 0.629. The normalized spacial score (nSPS) is 26.9. The Morgan fingerprint density at radius 1 is 1.18 bits per heavy atom. The molecule has 1 aliphatic heterocycles. The maximum absolute atomic E-state index is 13.5. The molecule has 4 rings (SSSR count). The van der Waals surface area contributed by atoms with Crippen molar-refractivity contribution in [2.75, 3.05) is 13.7 Å². The molecule has 34 heavy (non-hydrogen) atoms. The molecule has 4 atom stereocenters. The molecular formula is C27H33ClN2O4. The first-order valence-electron chi connectivity index (χ1n) is 11.7. The molecule has 1 aliphatic carbocycles. The number of hydrogen-bond donors (Lipinski definition) is 1. The summed E-state index contributed by atoms with van der Waals surface area (Å²) in [5.41, 5.74) is 8.21. The third-order valence-electron chi connectivity index (χ3n) is 7.08. The zero-order valence-electron chi connectivity index (χ0n) is 20.4. The Labute approximate surface area is 206 Å². The van der Waals surface area contributed by atoms with Gasteiger partial charge in [0, 0.05) is 17.5 Å². The minimum atomic E-state index is -1.14. The fourth-order valence-electron chi connectivity index (χ4n) is 5.53. The molecule has 2 aromatic carbocycles. The predicted molar refractivity (Wildman–Crippen MR) is 132 cm³/mol. The molecule has 1 saturated heterocycles. The van der Waals surface area contributed by atoms with Crippen molar-refractivity contribution in [1.29, 1.82) is 0 Å². The smallest absolute Gasteiger partial charge is 0.417 e. The van der Waals surface area contributed by atoms with Crippen LogP contribution in [0.5, 0.6) is 5.75 Å². The number of hydrogen-bond acceptors (Lipinski definition) is 5. The van der Waals surface area contributed by atoms with Crippen LogP contribution in [0.15, 0.2) is 42.5 Å². The number of imide groups is 1. The lowest BCUT2D eigenvalue weighted by Crippen LogP contribution is -2.56. The van der Waals surface area contributed by atoms with Gasteiger partial charge in [0.15, 0.2) is 0 Å². The van der Waals surface area contributed by atoms with E-state index in [1.165, 1.54) is 4.90 Å². The summed E-state index contributed by atoms with van der Waals surface area (Å²) in [4.78, 5) is 27.6. The number of rotatable bonds is 3. The number of benzene rings is 2. The predicted octanol–water partition coefficient (Wildman–Crippen LogP) is 5.41. The van der Waals surface area contributed by atoms with Crippen LogP contribution in [0.1, 0.15) is 62.1 Å². The summed E-state index contributed by atoms with van der Waals surface area (Å²) < 4.78 is 11.3. The number of likely N-dealkylation sites (tertiary alicyclic amines) is 1. The van der Waals surface area contributed by atoms with E-state index in [1.54, 1.807) is 27.9 Å². The average molecular weight is 485 g/mol. The van der Waals surface area contributed by atoms with Crippen molar-refractivity contribution in [3.8, 4) is 5.75 Å².